The summed E-state index contributed by atoms with van der Waals surface area (Å²) in [6.07, 6.45) is 1.46. The normalized spacial score (nSPS) is 10.7. The van der Waals surface area contributed by atoms with Crippen LogP contribution in [0.4, 0.5) is 14.5 Å². The number of amides is 1. The average molecular weight is 368 g/mol. The van der Waals surface area contributed by atoms with Crippen LogP contribution < -0.4 is 10.9 Å². The number of aromatic nitrogens is 1. The van der Waals surface area contributed by atoms with E-state index in [0.29, 0.717) is 6.54 Å². The van der Waals surface area contributed by atoms with Crippen LogP contribution in [0.25, 0.3) is 0 Å². The fourth-order valence-corrected chi connectivity index (χ4v) is 2.72. The van der Waals surface area contributed by atoms with Crippen molar-refractivity contribution in [2.75, 3.05) is 5.32 Å². The molecule has 1 aromatic heterocycles. The van der Waals surface area contributed by atoms with Crippen molar-refractivity contribution in [3.8, 4) is 0 Å². The Labute approximate surface area is 155 Å². The molecule has 2 aromatic carbocycles. The number of pyridine rings is 1. The SMILES string of the molecule is Cc1ccc(C)c(Cn2cc(C(=O)Nc3ccc(F)c(F)c3)ccc2=O)c1. The number of nitrogens with one attached hydrogen (secondary N) is 1. The second-order valence-corrected chi connectivity index (χ2v) is 6.40. The standard InChI is InChI=1S/C21H18F2N2O2/c1-13-3-4-14(2)16(9-13)12-25-11-15(5-8-20(25)26)21(27)24-17-6-7-18(22)19(23)10-17/h3-11H,12H2,1-2H3,(H,24,27). The number of rotatable bonds is 4. The molecule has 1 amide bonds. The first-order valence-corrected chi connectivity index (χ1v) is 8.36. The maximum Gasteiger partial charge on any atom is 0.257 e. The number of halogens is 2. The van der Waals surface area contributed by atoms with E-state index in [4.69, 9.17) is 0 Å². The van der Waals surface area contributed by atoms with Gasteiger partial charge in [-0.25, -0.2) is 8.78 Å². The van der Waals surface area contributed by atoms with Gasteiger partial charge in [-0.2, -0.15) is 0 Å². The minimum absolute atomic E-state index is 0.131. The van der Waals surface area contributed by atoms with E-state index in [1.165, 1.54) is 29.0 Å². The Morgan fingerprint density at radius 3 is 2.52 bits per heavy atom. The first-order chi connectivity index (χ1) is 12.8. The highest BCUT2D eigenvalue weighted by molar-refractivity contribution is 6.04. The van der Waals surface area contributed by atoms with E-state index in [0.717, 1.165) is 28.8 Å². The monoisotopic (exact) mass is 368 g/mol. The van der Waals surface area contributed by atoms with Gasteiger partial charge in [0.2, 0.25) is 0 Å². The molecule has 0 bridgehead atoms. The molecule has 1 heterocycles. The van der Waals surface area contributed by atoms with Crippen molar-refractivity contribution in [3.05, 3.63) is 99.0 Å². The Morgan fingerprint density at radius 2 is 1.78 bits per heavy atom. The van der Waals surface area contributed by atoms with Crippen LogP contribution in [0.15, 0.2) is 59.5 Å². The summed E-state index contributed by atoms with van der Waals surface area (Å²) in [4.78, 5) is 24.6. The predicted molar refractivity (Wildman–Crippen MR) is 100 cm³/mol. The average Bonchev–Trinajstić information content (AvgIpc) is 2.63. The van der Waals surface area contributed by atoms with Gasteiger partial charge in [-0.1, -0.05) is 23.8 Å². The quantitative estimate of drug-likeness (QED) is 0.756. The Morgan fingerprint density at radius 1 is 1.00 bits per heavy atom. The number of aryl methyl sites for hydroxylation is 2. The zero-order valence-corrected chi connectivity index (χ0v) is 14.9. The summed E-state index contributed by atoms with van der Waals surface area (Å²) in [6, 6.07) is 11.8. The number of benzene rings is 2. The first kappa shape index (κ1) is 18.5. The highest BCUT2D eigenvalue weighted by Gasteiger charge is 2.11. The van der Waals surface area contributed by atoms with Crippen molar-refractivity contribution in [2.24, 2.45) is 0 Å². The van der Waals surface area contributed by atoms with Crippen molar-refractivity contribution in [1.82, 2.24) is 4.57 Å². The molecule has 0 aliphatic carbocycles. The van der Waals surface area contributed by atoms with Crippen molar-refractivity contribution < 1.29 is 13.6 Å². The van der Waals surface area contributed by atoms with E-state index in [1.807, 2.05) is 32.0 Å². The molecule has 27 heavy (non-hydrogen) atoms. The zero-order chi connectivity index (χ0) is 19.6. The Balaban J connectivity index is 1.86. The van der Waals surface area contributed by atoms with Crippen LogP contribution in [0.5, 0.6) is 0 Å². The molecule has 6 heteroatoms. The summed E-state index contributed by atoms with van der Waals surface area (Å²) in [5, 5.41) is 2.50. The van der Waals surface area contributed by atoms with E-state index < -0.39 is 17.5 Å². The fourth-order valence-electron chi connectivity index (χ4n) is 2.72. The van der Waals surface area contributed by atoms with Gasteiger partial charge in [-0.15, -0.1) is 0 Å². The van der Waals surface area contributed by atoms with E-state index in [9.17, 15) is 18.4 Å². The molecule has 0 aliphatic rings. The minimum Gasteiger partial charge on any atom is -0.322 e. The molecule has 0 saturated heterocycles. The number of hydrogen-bond donors (Lipinski definition) is 1. The second-order valence-electron chi connectivity index (χ2n) is 6.40. The Hall–Kier alpha value is -3.28. The van der Waals surface area contributed by atoms with E-state index >= 15 is 0 Å². The molecule has 0 atom stereocenters. The third kappa shape index (κ3) is 4.28. The summed E-state index contributed by atoms with van der Waals surface area (Å²) < 4.78 is 27.7. The number of anilines is 1. The Kier molecular flexibility index (Phi) is 5.16. The lowest BCUT2D eigenvalue weighted by molar-refractivity contribution is 0.102. The molecule has 0 unspecified atom stereocenters. The molecular formula is C21H18F2N2O2. The number of carbonyl (C=O) groups excluding carboxylic acids is 1. The van der Waals surface area contributed by atoms with Gasteiger partial charge in [0.05, 0.1) is 12.1 Å². The van der Waals surface area contributed by atoms with Crippen LogP contribution in [-0.4, -0.2) is 10.5 Å². The largest absolute Gasteiger partial charge is 0.322 e. The predicted octanol–water partition coefficient (Wildman–Crippen LogP) is 4.04. The maximum absolute atomic E-state index is 13.3. The lowest BCUT2D eigenvalue weighted by atomic mass is 10.1. The van der Waals surface area contributed by atoms with Crippen molar-refractivity contribution in [2.45, 2.75) is 20.4 Å². The van der Waals surface area contributed by atoms with Gasteiger partial charge in [0.25, 0.3) is 11.5 Å². The van der Waals surface area contributed by atoms with Crippen molar-refractivity contribution in [3.63, 3.8) is 0 Å². The van der Waals surface area contributed by atoms with E-state index in [2.05, 4.69) is 5.32 Å². The highest BCUT2D eigenvalue weighted by Crippen LogP contribution is 2.15. The van der Waals surface area contributed by atoms with Crippen LogP contribution in [0.3, 0.4) is 0 Å². The van der Waals surface area contributed by atoms with Gasteiger partial charge in [0.15, 0.2) is 11.6 Å². The molecule has 3 rings (SSSR count). The van der Waals surface area contributed by atoms with Gasteiger partial charge in [-0.05, 0) is 43.2 Å². The molecule has 0 fully saturated rings. The summed E-state index contributed by atoms with van der Waals surface area (Å²) in [7, 11) is 0. The lowest BCUT2D eigenvalue weighted by Gasteiger charge is -2.12. The van der Waals surface area contributed by atoms with Crippen LogP contribution >= 0.6 is 0 Å². The smallest absolute Gasteiger partial charge is 0.257 e. The molecule has 0 saturated carbocycles. The lowest BCUT2D eigenvalue weighted by Crippen LogP contribution is -2.23. The van der Waals surface area contributed by atoms with Crippen molar-refractivity contribution in [1.29, 1.82) is 0 Å². The second kappa shape index (κ2) is 7.53. The molecular weight excluding hydrogens is 350 g/mol. The molecule has 0 spiro atoms. The van der Waals surface area contributed by atoms with Gasteiger partial charge in [0.1, 0.15) is 0 Å². The van der Waals surface area contributed by atoms with Gasteiger partial charge in [-0.3, -0.25) is 9.59 Å². The highest BCUT2D eigenvalue weighted by atomic mass is 19.2. The fraction of sp³-hybridized carbons (Fsp3) is 0.143. The molecule has 3 aromatic rings. The third-order valence-electron chi connectivity index (χ3n) is 4.27. The third-order valence-corrected chi connectivity index (χ3v) is 4.27. The number of hydrogen-bond acceptors (Lipinski definition) is 2. The van der Waals surface area contributed by atoms with Crippen LogP contribution in [0.2, 0.25) is 0 Å². The van der Waals surface area contributed by atoms with Crippen LogP contribution in [0.1, 0.15) is 27.0 Å². The zero-order valence-electron chi connectivity index (χ0n) is 14.9. The topological polar surface area (TPSA) is 51.1 Å². The summed E-state index contributed by atoms with van der Waals surface area (Å²) in [6.45, 7) is 4.26. The van der Waals surface area contributed by atoms with E-state index in [1.54, 1.807) is 0 Å². The van der Waals surface area contributed by atoms with Gasteiger partial charge < -0.3 is 9.88 Å². The summed E-state index contributed by atoms with van der Waals surface area (Å²) in [5.41, 5.74) is 3.24. The summed E-state index contributed by atoms with van der Waals surface area (Å²) in [5.74, 6) is -2.56. The molecule has 4 nitrogen and oxygen atoms in total. The minimum atomic E-state index is -1.05. The molecule has 138 valence electrons. The van der Waals surface area contributed by atoms with Gasteiger partial charge >= 0.3 is 0 Å². The number of carbonyl (C=O) groups is 1. The van der Waals surface area contributed by atoms with Crippen LogP contribution in [0, 0.1) is 25.5 Å². The van der Waals surface area contributed by atoms with Gasteiger partial charge in [0, 0.05) is 24.0 Å². The van der Waals surface area contributed by atoms with Crippen LogP contribution in [-0.2, 0) is 6.54 Å². The molecule has 0 radical (unpaired) electrons. The molecule has 0 aliphatic heterocycles. The van der Waals surface area contributed by atoms with E-state index in [-0.39, 0.29) is 16.8 Å². The maximum atomic E-state index is 13.3. The summed E-state index contributed by atoms with van der Waals surface area (Å²) >= 11 is 0. The molecule has 1 N–H and O–H groups in total. The first-order valence-electron chi connectivity index (χ1n) is 8.36. The van der Waals surface area contributed by atoms with Crippen molar-refractivity contribution >= 4 is 11.6 Å². The Bertz CT molecular complexity index is 1070. The number of nitrogens with zero attached hydrogens (tertiary/aromatic N) is 1.